The van der Waals surface area contributed by atoms with E-state index in [1.807, 2.05) is 24.0 Å². The average molecular weight is 263 g/mol. The smallest absolute Gasteiger partial charge is 0.257 e. The Labute approximate surface area is 114 Å². The first-order chi connectivity index (χ1) is 9.17. The van der Waals surface area contributed by atoms with E-state index in [0.717, 1.165) is 13.0 Å². The van der Waals surface area contributed by atoms with Gasteiger partial charge >= 0.3 is 0 Å². The van der Waals surface area contributed by atoms with Crippen molar-refractivity contribution in [3.63, 3.8) is 0 Å². The predicted molar refractivity (Wildman–Crippen MR) is 73.6 cm³/mol. The molecule has 1 aromatic rings. The summed E-state index contributed by atoms with van der Waals surface area (Å²) < 4.78 is 10.7. The molecule has 104 valence electrons. The molecule has 1 atom stereocenters. The molecule has 0 aromatic heterocycles. The van der Waals surface area contributed by atoms with Crippen LogP contribution in [0.1, 0.15) is 37.6 Å². The van der Waals surface area contributed by atoms with Crippen LogP contribution in [0.5, 0.6) is 11.5 Å². The third-order valence-corrected chi connectivity index (χ3v) is 3.52. The van der Waals surface area contributed by atoms with E-state index in [2.05, 4.69) is 13.8 Å². The Kier molecular flexibility index (Phi) is 4.30. The summed E-state index contributed by atoms with van der Waals surface area (Å²) in [6, 6.07) is 5.46. The van der Waals surface area contributed by atoms with Gasteiger partial charge in [0, 0.05) is 13.1 Å². The van der Waals surface area contributed by atoms with Gasteiger partial charge in [-0.1, -0.05) is 26.3 Å². The summed E-state index contributed by atoms with van der Waals surface area (Å²) in [6.45, 7) is 7.97. The number of hydrogen-bond acceptors (Lipinski definition) is 3. The number of carbonyl (C=O) groups excluding carboxylic acids is 1. The van der Waals surface area contributed by atoms with Gasteiger partial charge in [-0.2, -0.15) is 0 Å². The zero-order chi connectivity index (χ0) is 13.8. The van der Waals surface area contributed by atoms with E-state index >= 15 is 0 Å². The fourth-order valence-corrected chi connectivity index (χ4v) is 2.13. The van der Waals surface area contributed by atoms with Gasteiger partial charge in [0.05, 0.1) is 5.56 Å². The van der Waals surface area contributed by atoms with Crippen molar-refractivity contribution >= 4 is 5.91 Å². The van der Waals surface area contributed by atoms with Crippen LogP contribution in [0.25, 0.3) is 0 Å². The van der Waals surface area contributed by atoms with Crippen LogP contribution in [0.4, 0.5) is 0 Å². The van der Waals surface area contributed by atoms with Gasteiger partial charge < -0.3 is 14.4 Å². The molecule has 0 bridgehead atoms. The molecule has 0 N–H and O–H groups in total. The molecular formula is C15H21NO3. The summed E-state index contributed by atoms with van der Waals surface area (Å²) in [7, 11) is 0. The maximum atomic E-state index is 12.6. The van der Waals surface area contributed by atoms with E-state index in [1.165, 1.54) is 0 Å². The average Bonchev–Trinajstić information content (AvgIpc) is 2.91. The Morgan fingerprint density at radius 2 is 2.16 bits per heavy atom. The lowest BCUT2D eigenvalue weighted by Gasteiger charge is -2.24. The molecule has 4 nitrogen and oxygen atoms in total. The van der Waals surface area contributed by atoms with Gasteiger partial charge in [0.1, 0.15) is 0 Å². The second-order valence-corrected chi connectivity index (χ2v) is 4.90. The van der Waals surface area contributed by atoms with E-state index < -0.39 is 0 Å². The molecule has 1 heterocycles. The number of nitrogens with zero attached hydrogens (tertiary/aromatic N) is 1. The summed E-state index contributed by atoms with van der Waals surface area (Å²) in [5, 5.41) is 0. The zero-order valence-corrected chi connectivity index (χ0v) is 11.8. The van der Waals surface area contributed by atoms with Crippen molar-refractivity contribution < 1.29 is 14.3 Å². The number of fused-ring (bicyclic) bond motifs is 1. The Morgan fingerprint density at radius 3 is 2.84 bits per heavy atom. The van der Waals surface area contributed by atoms with Gasteiger partial charge in [0.25, 0.3) is 5.91 Å². The first kappa shape index (κ1) is 13.7. The Balaban J connectivity index is 2.21. The van der Waals surface area contributed by atoms with E-state index in [1.54, 1.807) is 6.07 Å². The molecule has 0 aliphatic carbocycles. The number of hydrogen-bond donors (Lipinski definition) is 0. The summed E-state index contributed by atoms with van der Waals surface area (Å²) in [5.74, 6) is 1.75. The number of benzene rings is 1. The van der Waals surface area contributed by atoms with Gasteiger partial charge in [-0.25, -0.2) is 0 Å². The van der Waals surface area contributed by atoms with E-state index in [9.17, 15) is 4.79 Å². The van der Waals surface area contributed by atoms with Gasteiger partial charge in [-0.3, -0.25) is 4.79 Å². The molecule has 1 amide bonds. The highest BCUT2D eigenvalue weighted by Crippen LogP contribution is 2.35. The molecule has 1 unspecified atom stereocenters. The molecule has 0 saturated heterocycles. The van der Waals surface area contributed by atoms with Gasteiger partial charge in [0.15, 0.2) is 11.5 Å². The summed E-state index contributed by atoms with van der Waals surface area (Å²) in [5.41, 5.74) is 0.597. The third kappa shape index (κ3) is 2.83. The first-order valence-electron chi connectivity index (χ1n) is 6.85. The molecule has 0 radical (unpaired) electrons. The lowest BCUT2D eigenvalue weighted by atomic mass is 10.1. The standard InChI is InChI=1S/C15H21NO3/c1-4-11(3)9-16(5-2)15(17)12-7-6-8-13-14(12)19-10-18-13/h6-8,11H,4-5,9-10H2,1-3H3. The molecule has 0 saturated carbocycles. The zero-order valence-electron chi connectivity index (χ0n) is 11.8. The highest BCUT2D eigenvalue weighted by atomic mass is 16.7. The molecule has 0 spiro atoms. The van der Waals surface area contributed by atoms with Gasteiger partial charge in [-0.15, -0.1) is 0 Å². The van der Waals surface area contributed by atoms with Crippen molar-refractivity contribution in [2.24, 2.45) is 5.92 Å². The quantitative estimate of drug-likeness (QED) is 0.820. The number of carbonyl (C=O) groups is 1. The molecule has 19 heavy (non-hydrogen) atoms. The highest BCUT2D eigenvalue weighted by molar-refractivity contribution is 5.98. The SMILES string of the molecule is CCC(C)CN(CC)C(=O)c1cccc2c1OCO2. The van der Waals surface area contributed by atoms with Crippen molar-refractivity contribution in [2.45, 2.75) is 27.2 Å². The Bertz CT molecular complexity index is 459. The van der Waals surface area contributed by atoms with Crippen LogP contribution in [0, 0.1) is 5.92 Å². The molecule has 2 rings (SSSR count). The Morgan fingerprint density at radius 1 is 1.37 bits per heavy atom. The number of para-hydroxylation sites is 1. The summed E-state index contributed by atoms with van der Waals surface area (Å²) >= 11 is 0. The minimum absolute atomic E-state index is 0.0187. The van der Waals surface area contributed by atoms with Crippen molar-refractivity contribution in [3.05, 3.63) is 23.8 Å². The number of ether oxygens (including phenoxy) is 2. The maximum Gasteiger partial charge on any atom is 0.257 e. The van der Waals surface area contributed by atoms with Crippen LogP contribution in [-0.4, -0.2) is 30.7 Å². The Hall–Kier alpha value is -1.71. The van der Waals surface area contributed by atoms with Crippen molar-refractivity contribution in [1.82, 2.24) is 4.90 Å². The maximum absolute atomic E-state index is 12.6. The molecule has 1 aliphatic rings. The fraction of sp³-hybridized carbons (Fsp3) is 0.533. The van der Waals surface area contributed by atoms with Crippen LogP contribution >= 0.6 is 0 Å². The van der Waals surface area contributed by atoms with Crippen LogP contribution < -0.4 is 9.47 Å². The number of amides is 1. The molecular weight excluding hydrogens is 242 g/mol. The number of rotatable bonds is 5. The molecule has 1 aromatic carbocycles. The van der Waals surface area contributed by atoms with E-state index in [-0.39, 0.29) is 12.7 Å². The minimum Gasteiger partial charge on any atom is -0.454 e. The summed E-state index contributed by atoms with van der Waals surface area (Å²) in [6.07, 6.45) is 1.07. The van der Waals surface area contributed by atoms with Crippen molar-refractivity contribution in [2.75, 3.05) is 19.9 Å². The lowest BCUT2D eigenvalue weighted by Crippen LogP contribution is -2.34. The van der Waals surface area contributed by atoms with Crippen LogP contribution in [0.15, 0.2) is 18.2 Å². The molecule has 4 heteroatoms. The second-order valence-electron chi connectivity index (χ2n) is 4.90. The van der Waals surface area contributed by atoms with E-state index in [4.69, 9.17) is 9.47 Å². The van der Waals surface area contributed by atoms with Crippen LogP contribution in [0.2, 0.25) is 0 Å². The monoisotopic (exact) mass is 263 g/mol. The van der Waals surface area contributed by atoms with Crippen LogP contribution in [0.3, 0.4) is 0 Å². The third-order valence-electron chi connectivity index (χ3n) is 3.52. The fourth-order valence-electron chi connectivity index (χ4n) is 2.13. The van der Waals surface area contributed by atoms with Crippen molar-refractivity contribution in [3.8, 4) is 11.5 Å². The molecule has 0 fully saturated rings. The highest BCUT2D eigenvalue weighted by Gasteiger charge is 2.25. The van der Waals surface area contributed by atoms with Gasteiger partial charge in [-0.05, 0) is 25.0 Å². The first-order valence-corrected chi connectivity index (χ1v) is 6.85. The minimum atomic E-state index is 0.0187. The normalized spacial score (nSPS) is 14.3. The van der Waals surface area contributed by atoms with E-state index in [0.29, 0.717) is 29.5 Å². The second kappa shape index (κ2) is 5.95. The predicted octanol–water partition coefficient (Wildman–Crippen LogP) is 2.92. The van der Waals surface area contributed by atoms with Crippen molar-refractivity contribution in [1.29, 1.82) is 0 Å². The summed E-state index contributed by atoms with van der Waals surface area (Å²) in [4.78, 5) is 14.4. The van der Waals surface area contributed by atoms with Crippen LogP contribution in [-0.2, 0) is 0 Å². The lowest BCUT2D eigenvalue weighted by molar-refractivity contribution is 0.0736. The molecule has 1 aliphatic heterocycles. The van der Waals surface area contributed by atoms with Gasteiger partial charge in [0.2, 0.25) is 6.79 Å². The largest absolute Gasteiger partial charge is 0.454 e. The topological polar surface area (TPSA) is 38.8 Å².